The van der Waals surface area contributed by atoms with Crippen molar-refractivity contribution in [3.8, 4) is 11.1 Å². The number of hydrogen-bond donors (Lipinski definition) is 2. The van der Waals surface area contributed by atoms with E-state index in [9.17, 15) is 9.90 Å². The standard InChI is InChI=1S/C20H29ClN6O3/c1-20(2,3)30-19(29)27(5)15-8-6-7-14(16(15)28)24-17-13(10-22-18(21)25-17)12-9-23-26(4)11-12/h9-11,14-16,28H,6-8H2,1-5H3,(H,22,24,25)/t14-,15-,16-/m0/s1. The Kier molecular flexibility index (Phi) is 6.52. The van der Waals surface area contributed by atoms with Crippen LogP contribution < -0.4 is 5.32 Å². The van der Waals surface area contributed by atoms with E-state index in [0.29, 0.717) is 12.2 Å². The molecule has 9 nitrogen and oxygen atoms in total. The van der Waals surface area contributed by atoms with Crippen molar-refractivity contribution in [3.05, 3.63) is 23.9 Å². The summed E-state index contributed by atoms with van der Waals surface area (Å²) >= 11 is 6.03. The van der Waals surface area contributed by atoms with Gasteiger partial charge in [-0.2, -0.15) is 5.10 Å². The van der Waals surface area contributed by atoms with Crippen LogP contribution in [0.1, 0.15) is 40.0 Å². The molecule has 0 saturated heterocycles. The molecule has 1 aliphatic rings. The van der Waals surface area contributed by atoms with Gasteiger partial charge in [0.2, 0.25) is 5.28 Å². The Morgan fingerprint density at radius 2 is 2.10 bits per heavy atom. The van der Waals surface area contributed by atoms with Crippen molar-refractivity contribution < 1.29 is 14.6 Å². The Labute approximate surface area is 181 Å². The first-order valence-electron chi connectivity index (χ1n) is 9.97. The largest absolute Gasteiger partial charge is 0.444 e. The fourth-order valence-electron chi connectivity index (χ4n) is 3.62. The van der Waals surface area contributed by atoms with Crippen LogP contribution in [0.3, 0.4) is 0 Å². The van der Waals surface area contributed by atoms with Crippen molar-refractivity contribution in [1.82, 2.24) is 24.6 Å². The lowest BCUT2D eigenvalue weighted by Gasteiger charge is -2.40. The number of hydrogen-bond acceptors (Lipinski definition) is 7. The van der Waals surface area contributed by atoms with Gasteiger partial charge in [0.25, 0.3) is 0 Å². The number of nitrogens with zero attached hydrogens (tertiary/aromatic N) is 5. The van der Waals surface area contributed by atoms with Crippen LogP contribution in [0.4, 0.5) is 10.6 Å². The Balaban J connectivity index is 1.79. The average molecular weight is 437 g/mol. The predicted octanol–water partition coefficient (Wildman–Crippen LogP) is 3.09. The number of ether oxygens (including phenoxy) is 1. The number of aliphatic hydroxyl groups is 1. The molecule has 0 aromatic carbocycles. The lowest BCUT2D eigenvalue weighted by Crippen LogP contribution is -2.54. The monoisotopic (exact) mass is 436 g/mol. The van der Waals surface area contributed by atoms with Crippen molar-refractivity contribution in [2.75, 3.05) is 12.4 Å². The lowest BCUT2D eigenvalue weighted by molar-refractivity contribution is -0.0117. The summed E-state index contributed by atoms with van der Waals surface area (Å²) in [4.78, 5) is 22.4. The van der Waals surface area contributed by atoms with Gasteiger partial charge in [0.05, 0.1) is 24.4 Å². The number of nitrogens with one attached hydrogen (secondary N) is 1. The molecule has 164 valence electrons. The maximum Gasteiger partial charge on any atom is 0.410 e. The normalized spacial score (nSPS) is 21.9. The van der Waals surface area contributed by atoms with Crippen LogP contribution in [0.5, 0.6) is 0 Å². The van der Waals surface area contributed by atoms with E-state index in [-0.39, 0.29) is 17.4 Å². The van der Waals surface area contributed by atoms with Crippen molar-refractivity contribution >= 4 is 23.5 Å². The SMILES string of the molecule is CN(C(=O)OC(C)(C)C)[C@H]1CCC[C@H](Nc2nc(Cl)ncc2-c2cnn(C)c2)[C@@H]1O. The highest BCUT2D eigenvalue weighted by Crippen LogP contribution is 2.31. The Morgan fingerprint density at radius 1 is 1.37 bits per heavy atom. The molecule has 1 fully saturated rings. The first-order valence-corrected chi connectivity index (χ1v) is 10.3. The predicted molar refractivity (Wildman–Crippen MR) is 114 cm³/mol. The number of rotatable bonds is 4. The minimum Gasteiger partial charge on any atom is -0.444 e. The number of likely N-dealkylation sites (N-methyl/N-ethyl adjacent to an activating group) is 1. The second-order valence-corrected chi connectivity index (χ2v) is 8.97. The molecule has 0 aliphatic heterocycles. The molecule has 0 radical (unpaired) electrons. The second kappa shape index (κ2) is 8.77. The molecule has 1 amide bonds. The second-order valence-electron chi connectivity index (χ2n) is 8.63. The lowest BCUT2D eigenvalue weighted by atomic mass is 9.87. The number of halogens is 1. The van der Waals surface area contributed by atoms with E-state index in [2.05, 4.69) is 20.4 Å². The molecule has 2 N–H and O–H groups in total. The van der Waals surface area contributed by atoms with Crippen molar-refractivity contribution in [2.45, 2.75) is 63.8 Å². The summed E-state index contributed by atoms with van der Waals surface area (Å²) in [5.41, 5.74) is 0.977. The van der Waals surface area contributed by atoms with Gasteiger partial charge in [-0.05, 0) is 51.6 Å². The van der Waals surface area contributed by atoms with Gasteiger partial charge in [0.15, 0.2) is 0 Å². The van der Waals surface area contributed by atoms with Gasteiger partial charge in [0.1, 0.15) is 11.4 Å². The Hall–Kier alpha value is -2.39. The van der Waals surface area contributed by atoms with Gasteiger partial charge in [-0.15, -0.1) is 0 Å². The van der Waals surface area contributed by atoms with Crippen LogP contribution in [-0.2, 0) is 11.8 Å². The zero-order valence-corrected chi connectivity index (χ0v) is 18.7. The van der Waals surface area contributed by atoms with Crippen LogP contribution in [0.25, 0.3) is 11.1 Å². The van der Waals surface area contributed by atoms with Gasteiger partial charge in [-0.1, -0.05) is 0 Å². The number of anilines is 1. The average Bonchev–Trinajstić information content (AvgIpc) is 3.08. The summed E-state index contributed by atoms with van der Waals surface area (Å²) in [5.74, 6) is 0.521. The summed E-state index contributed by atoms with van der Waals surface area (Å²) in [6, 6.07) is -0.680. The molecule has 2 aromatic rings. The summed E-state index contributed by atoms with van der Waals surface area (Å²) in [5, 5.41) is 18.7. The van der Waals surface area contributed by atoms with Crippen molar-refractivity contribution in [3.63, 3.8) is 0 Å². The van der Waals surface area contributed by atoms with Crippen molar-refractivity contribution in [1.29, 1.82) is 0 Å². The zero-order chi connectivity index (χ0) is 22.1. The highest BCUT2D eigenvalue weighted by Gasteiger charge is 2.38. The highest BCUT2D eigenvalue weighted by molar-refractivity contribution is 6.28. The minimum absolute atomic E-state index is 0.109. The third-order valence-electron chi connectivity index (χ3n) is 5.10. The molecule has 2 heterocycles. The maximum absolute atomic E-state index is 12.5. The first kappa shape index (κ1) is 22.3. The molecule has 3 atom stereocenters. The fourth-order valence-corrected chi connectivity index (χ4v) is 3.76. The van der Waals surface area contributed by atoms with Gasteiger partial charge >= 0.3 is 6.09 Å². The number of aryl methyl sites for hydroxylation is 1. The molecule has 30 heavy (non-hydrogen) atoms. The maximum atomic E-state index is 12.5. The zero-order valence-electron chi connectivity index (χ0n) is 18.0. The van der Waals surface area contributed by atoms with Gasteiger partial charge in [0, 0.05) is 37.6 Å². The Bertz CT molecular complexity index is 897. The quantitative estimate of drug-likeness (QED) is 0.709. The molecule has 2 aromatic heterocycles. The van der Waals surface area contributed by atoms with Gasteiger partial charge in [-0.3, -0.25) is 4.68 Å². The molecular weight excluding hydrogens is 408 g/mol. The van der Waals surface area contributed by atoms with Crippen LogP contribution in [0.15, 0.2) is 18.6 Å². The third-order valence-corrected chi connectivity index (χ3v) is 5.28. The molecule has 3 rings (SSSR count). The summed E-state index contributed by atoms with van der Waals surface area (Å²) < 4.78 is 7.15. The van der Waals surface area contributed by atoms with Crippen LogP contribution in [0, 0.1) is 0 Å². The minimum atomic E-state index is -0.799. The van der Waals surface area contributed by atoms with E-state index in [4.69, 9.17) is 16.3 Å². The molecule has 0 bridgehead atoms. The molecule has 1 aliphatic carbocycles. The van der Waals surface area contributed by atoms with E-state index in [1.807, 2.05) is 34.0 Å². The number of amides is 1. The van der Waals surface area contributed by atoms with Crippen LogP contribution in [-0.4, -0.2) is 66.7 Å². The van der Waals surface area contributed by atoms with E-state index >= 15 is 0 Å². The first-order chi connectivity index (χ1) is 14.0. The number of carbonyl (C=O) groups is 1. The molecule has 10 heteroatoms. The van der Waals surface area contributed by atoms with E-state index in [1.54, 1.807) is 24.1 Å². The topological polar surface area (TPSA) is 105 Å². The summed E-state index contributed by atoms with van der Waals surface area (Å²) in [6.07, 6.45) is 6.22. The number of aliphatic hydroxyl groups excluding tert-OH is 1. The molecule has 1 saturated carbocycles. The van der Waals surface area contributed by atoms with Crippen molar-refractivity contribution in [2.24, 2.45) is 7.05 Å². The number of aromatic nitrogens is 4. The summed E-state index contributed by atoms with van der Waals surface area (Å²) in [7, 11) is 3.49. The summed E-state index contributed by atoms with van der Waals surface area (Å²) in [6.45, 7) is 5.46. The van der Waals surface area contributed by atoms with Gasteiger partial charge < -0.3 is 20.1 Å². The smallest absolute Gasteiger partial charge is 0.410 e. The van der Waals surface area contributed by atoms with E-state index in [0.717, 1.165) is 24.0 Å². The molecule has 0 unspecified atom stereocenters. The van der Waals surface area contributed by atoms with Crippen LogP contribution >= 0.6 is 11.6 Å². The van der Waals surface area contributed by atoms with Gasteiger partial charge in [-0.25, -0.2) is 14.8 Å². The fraction of sp³-hybridized carbons (Fsp3) is 0.600. The van der Waals surface area contributed by atoms with E-state index < -0.39 is 17.8 Å². The van der Waals surface area contributed by atoms with Crippen LogP contribution in [0.2, 0.25) is 5.28 Å². The van der Waals surface area contributed by atoms with E-state index in [1.165, 1.54) is 4.90 Å². The Morgan fingerprint density at radius 3 is 2.73 bits per heavy atom. The highest BCUT2D eigenvalue weighted by atomic mass is 35.5. The number of carbonyl (C=O) groups excluding carboxylic acids is 1. The molecular formula is C20H29ClN6O3. The molecule has 0 spiro atoms. The third kappa shape index (κ3) is 5.20.